The average molecular weight is 409 g/mol. The Morgan fingerprint density at radius 3 is 2.57 bits per heavy atom. The molecule has 3 nitrogen and oxygen atoms in total. The van der Waals surface area contributed by atoms with Gasteiger partial charge in [-0.15, -0.1) is 0 Å². The number of nitrogens with one attached hydrogen (secondary N) is 1. The summed E-state index contributed by atoms with van der Waals surface area (Å²) in [6, 6.07) is 6.19. The third-order valence-corrected chi connectivity index (χ3v) is 7.13. The minimum Gasteiger partial charge on any atom is -0.398 e. The molecule has 0 aliphatic rings. The van der Waals surface area contributed by atoms with E-state index in [1.54, 1.807) is 6.20 Å². The summed E-state index contributed by atoms with van der Waals surface area (Å²) < 4.78 is 0.800. The van der Waals surface area contributed by atoms with Crippen LogP contribution in [0.25, 0.3) is 22.2 Å². The minimum atomic E-state index is -1.63. The first-order chi connectivity index (χ1) is 10.7. The van der Waals surface area contributed by atoms with Crippen LogP contribution >= 0.6 is 27.5 Å². The van der Waals surface area contributed by atoms with Crippen LogP contribution in [0.2, 0.25) is 24.7 Å². The van der Waals surface area contributed by atoms with Gasteiger partial charge in [-0.05, 0) is 40.0 Å². The quantitative estimate of drug-likeness (QED) is 0.459. The van der Waals surface area contributed by atoms with Gasteiger partial charge in [-0.2, -0.15) is 0 Å². The maximum Gasteiger partial charge on any atom is 0.139 e. The van der Waals surface area contributed by atoms with Crippen molar-refractivity contribution >= 4 is 57.6 Å². The number of nitrogen functional groups attached to an aromatic ring is 1. The lowest BCUT2D eigenvalue weighted by Gasteiger charge is -2.18. The Bertz CT molecular complexity index is 912. The second-order valence-electron chi connectivity index (χ2n) is 6.84. The normalized spacial score (nSPS) is 12.1. The lowest BCUT2D eigenvalue weighted by Crippen LogP contribution is -2.39. The van der Waals surface area contributed by atoms with Crippen LogP contribution in [0.15, 0.2) is 28.9 Å². The monoisotopic (exact) mass is 407 g/mol. The van der Waals surface area contributed by atoms with E-state index >= 15 is 0 Å². The highest BCUT2D eigenvalue weighted by molar-refractivity contribution is 9.10. The molecule has 0 aliphatic carbocycles. The Labute approximate surface area is 150 Å². The first-order valence-electron chi connectivity index (χ1n) is 7.43. The molecule has 0 aliphatic heterocycles. The van der Waals surface area contributed by atoms with Gasteiger partial charge in [0.15, 0.2) is 0 Å². The van der Waals surface area contributed by atoms with Gasteiger partial charge in [0.1, 0.15) is 5.65 Å². The van der Waals surface area contributed by atoms with Gasteiger partial charge in [0.25, 0.3) is 0 Å². The summed E-state index contributed by atoms with van der Waals surface area (Å²) in [7, 11) is -1.63. The fourth-order valence-electron chi connectivity index (χ4n) is 2.74. The first-order valence-corrected chi connectivity index (χ1v) is 12.1. The topological polar surface area (TPSA) is 54.7 Å². The molecule has 3 rings (SSSR count). The third kappa shape index (κ3) is 2.82. The van der Waals surface area contributed by atoms with Crippen molar-refractivity contribution in [3.63, 3.8) is 0 Å². The molecule has 0 atom stereocenters. The van der Waals surface area contributed by atoms with Crippen molar-refractivity contribution in [2.45, 2.75) is 26.6 Å². The van der Waals surface area contributed by atoms with Gasteiger partial charge < -0.3 is 10.7 Å². The number of nitrogens with zero attached hydrogens (tertiary/aromatic N) is 1. The van der Waals surface area contributed by atoms with Gasteiger partial charge >= 0.3 is 0 Å². The van der Waals surface area contributed by atoms with Crippen molar-refractivity contribution in [3.8, 4) is 11.1 Å². The highest BCUT2D eigenvalue weighted by Crippen LogP contribution is 2.37. The van der Waals surface area contributed by atoms with E-state index < -0.39 is 8.07 Å². The molecule has 2 heterocycles. The smallest absolute Gasteiger partial charge is 0.139 e. The van der Waals surface area contributed by atoms with Crippen LogP contribution in [-0.4, -0.2) is 18.0 Å². The number of hydrogen-bond donors (Lipinski definition) is 2. The van der Waals surface area contributed by atoms with Crippen molar-refractivity contribution in [3.05, 3.63) is 39.5 Å². The highest BCUT2D eigenvalue weighted by Gasteiger charge is 2.27. The Balaban J connectivity index is 2.45. The van der Waals surface area contributed by atoms with Gasteiger partial charge in [0.05, 0.1) is 17.6 Å². The van der Waals surface area contributed by atoms with Crippen LogP contribution < -0.4 is 11.1 Å². The fraction of sp³-hybridized carbons (Fsp3) is 0.235. The van der Waals surface area contributed by atoms with E-state index in [4.69, 9.17) is 17.3 Å². The van der Waals surface area contributed by atoms with Crippen molar-refractivity contribution in [1.82, 2.24) is 9.97 Å². The number of rotatable bonds is 2. The van der Waals surface area contributed by atoms with Gasteiger partial charge in [0.2, 0.25) is 0 Å². The number of benzene rings is 1. The number of H-pyrrole nitrogens is 1. The van der Waals surface area contributed by atoms with Gasteiger partial charge in [-0.25, -0.2) is 4.98 Å². The largest absolute Gasteiger partial charge is 0.398 e. The number of aromatic amines is 1. The molecule has 0 unspecified atom stereocenters. The predicted octanol–water partition coefficient (Wildman–Crippen LogP) is 5.08. The zero-order valence-corrected chi connectivity index (χ0v) is 16.9. The molecule has 2 aromatic heterocycles. The molecule has 3 aromatic rings. The molecular formula is C17H19BrClN3Si. The first kappa shape index (κ1) is 16.6. The number of hydrogen-bond acceptors (Lipinski definition) is 2. The number of aromatic nitrogens is 2. The molecule has 0 spiro atoms. The van der Waals surface area contributed by atoms with E-state index in [-0.39, 0.29) is 0 Å². The van der Waals surface area contributed by atoms with Crippen LogP contribution in [0, 0.1) is 6.92 Å². The lowest BCUT2D eigenvalue weighted by atomic mass is 10.0. The van der Waals surface area contributed by atoms with E-state index in [1.807, 2.05) is 13.0 Å². The summed E-state index contributed by atoms with van der Waals surface area (Å²) in [5, 5.41) is 2.88. The number of aryl methyl sites for hydroxylation is 1. The summed E-state index contributed by atoms with van der Waals surface area (Å²) in [5.41, 5.74) is 11.0. The zero-order chi connectivity index (χ0) is 16.9. The Morgan fingerprint density at radius 2 is 1.96 bits per heavy atom. The Kier molecular flexibility index (Phi) is 4.07. The van der Waals surface area contributed by atoms with Crippen LogP contribution in [-0.2, 0) is 0 Å². The number of fused-ring (bicyclic) bond motifs is 1. The summed E-state index contributed by atoms with van der Waals surface area (Å²) in [6.07, 6.45) is 1.74. The molecule has 0 saturated heterocycles. The van der Waals surface area contributed by atoms with Crippen molar-refractivity contribution in [1.29, 1.82) is 0 Å². The Morgan fingerprint density at radius 1 is 1.26 bits per heavy atom. The molecule has 120 valence electrons. The number of anilines is 1. The summed E-state index contributed by atoms with van der Waals surface area (Å²) in [5.74, 6) is 0. The molecule has 6 heteroatoms. The molecule has 0 fully saturated rings. The van der Waals surface area contributed by atoms with Crippen molar-refractivity contribution in [2.75, 3.05) is 5.73 Å². The fourth-order valence-corrected chi connectivity index (χ4v) is 4.79. The van der Waals surface area contributed by atoms with E-state index in [1.165, 1.54) is 5.32 Å². The standard InChI is InChI=1S/C17H19BrClN3Si/c1-9-5-6-10(7-12(9)20)13-14-15(19)11(18)8-21-16(14)22-17(13)23(2,3)4/h5-8H,20H2,1-4H3,(H,21,22). The predicted molar refractivity (Wildman–Crippen MR) is 106 cm³/mol. The molecular weight excluding hydrogens is 390 g/mol. The van der Waals surface area contributed by atoms with Crippen molar-refractivity contribution in [2.24, 2.45) is 0 Å². The minimum absolute atomic E-state index is 0.685. The van der Waals surface area contributed by atoms with Crippen LogP contribution in [0.5, 0.6) is 0 Å². The van der Waals surface area contributed by atoms with Crippen LogP contribution in [0.3, 0.4) is 0 Å². The molecule has 0 radical (unpaired) electrons. The van der Waals surface area contributed by atoms with Gasteiger partial charge in [-0.3, -0.25) is 0 Å². The maximum absolute atomic E-state index is 6.59. The number of halogens is 2. The van der Waals surface area contributed by atoms with Crippen molar-refractivity contribution < 1.29 is 0 Å². The molecule has 1 aromatic carbocycles. The molecule has 23 heavy (non-hydrogen) atoms. The Hall–Kier alpha value is -1.30. The molecule has 0 amide bonds. The van der Waals surface area contributed by atoms with Gasteiger partial charge in [0, 0.05) is 28.2 Å². The van der Waals surface area contributed by atoms with E-state index in [2.05, 4.69) is 57.7 Å². The maximum atomic E-state index is 6.59. The second kappa shape index (κ2) is 5.65. The zero-order valence-electron chi connectivity index (χ0n) is 13.6. The van der Waals surface area contributed by atoms with E-state index in [9.17, 15) is 0 Å². The SMILES string of the molecule is Cc1ccc(-c2c([Si](C)(C)C)[nH]c3ncc(Br)c(Cl)c23)cc1N. The summed E-state index contributed by atoms with van der Waals surface area (Å²) in [4.78, 5) is 8.02. The van der Waals surface area contributed by atoms with Gasteiger partial charge in [-0.1, -0.05) is 43.4 Å². The number of pyridine rings is 1. The summed E-state index contributed by atoms with van der Waals surface area (Å²) in [6.45, 7) is 8.93. The number of nitrogens with two attached hydrogens (primary N) is 1. The van der Waals surface area contributed by atoms with Crippen LogP contribution in [0.4, 0.5) is 5.69 Å². The van der Waals surface area contributed by atoms with E-state index in [0.29, 0.717) is 5.02 Å². The van der Waals surface area contributed by atoms with Crippen LogP contribution in [0.1, 0.15) is 5.56 Å². The average Bonchev–Trinajstić information content (AvgIpc) is 2.86. The molecule has 0 bridgehead atoms. The third-order valence-electron chi connectivity index (χ3n) is 4.03. The van der Waals surface area contributed by atoms with E-state index in [0.717, 1.165) is 37.9 Å². The molecule has 3 N–H and O–H groups in total. The molecule has 0 saturated carbocycles. The second-order valence-corrected chi connectivity index (χ2v) is 13.1. The highest BCUT2D eigenvalue weighted by atomic mass is 79.9. The summed E-state index contributed by atoms with van der Waals surface area (Å²) >= 11 is 10.1. The lowest BCUT2D eigenvalue weighted by molar-refractivity contribution is 1.32.